The molecule has 4 heteroatoms. The monoisotopic (exact) mass is 265 g/mol. The third-order valence-electron chi connectivity index (χ3n) is 3.71. The van der Waals surface area contributed by atoms with Crippen LogP contribution in [0.1, 0.15) is 51.3 Å². The maximum atomic E-state index is 6.15. The molecule has 0 spiro atoms. The molecule has 0 N–H and O–H groups in total. The maximum absolute atomic E-state index is 6.15. The third-order valence-corrected chi connectivity index (χ3v) is 3.90. The van der Waals surface area contributed by atoms with Gasteiger partial charge in [-0.05, 0) is 45.4 Å². The lowest BCUT2D eigenvalue weighted by molar-refractivity contribution is 0.633. The van der Waals surface area contributed by atoms with E-state index in [0.29, 0.717) is 17.1 Å². The molecular formula is C14H20ClN3. The number of hydrogen-bond acceptors (Lipinski definition) is 3. The molecule has 2 aliphatic carbocycles. The highest BCUT2D eigenvalue weighted by atomic mass is 35.5. The largest absolute Gasteiger partial charge is 0.354 e. The Labute approximate surface area is 114 Å². The third kappa shape index (κ3) is 2.77. The number of nitrogens with zero attached hydrogens (tertiary/aromatic N) is 3. The van der Waals surface area contributed by atoms with Crippen molar-refractivity contribution in [1.82, 2.24) is 9.97 Å². The second kappa shape index (κ2) is 4.69. The highest BCUT2D eigenvalue weighted by Crippen LogP contribution is 2.39. The molecule has 0 atom stereocenters. The van der Waals surface area contributed by atoms with E-state index >= 15 is 0 Å². The van der Waals surface area contributed by atoms with Gasteiger partial charge >= 0.3 is 0 Å². The Hall–Kier alpha value is -0.830. The summed E-state index contributed by atoms with van der Waals surface area (Å²) in [4.78, 5) is 11.5. The van der Waals surface area contributed by atoms with E-state index in [1.807, 2.05) is 6.07 Å². The predicted molar refractivity (Wildman–Crippen MR) is 74.2 cm³/mol. The summed E-state index contributed by atoms with van der Waals surface area (Å²) in [5, 5.41) is 0.586. The molecule has 18 heavy (non-hydrogen) atoms. The molecule has 0 amide bonds. The van der Waals surface area contributed by atoms with Crippen LogP contribution in [-0.4, -0.2) is 22.6 Å². The first-order valence-corrected chi connectivity index (χ1v) is 7.32. The Bertz CT molecular complexity index is 439. The van der Waals surface area contributed by atoms with Crippen molar-refractivity contribution in [2.75, 3.05) is 11.4 Å². The molecule has 3 rings (SSSR count). The predicted octanol–water partition coefficient (Wildman–Crippen LogP) is 3.63. The second-order valence-electron chi connectivity index (χ2n) is 5.87. The quantitative estimate of drug-likeness (QED) is 0.762. The Kier molecular flexibility index (Phi) is 3.18. The molecule has 0 saturated heterocycles. The van der Waals surface area contributed by atoms with Crippen LogP contribution in [0.25, 0.3) is 0 Å². The summed E-state index contributed by atoms with van der Waals surface area (Å²) in [6.07, 6.45) is 5.14. The second-order valence-corrected chi connectivity index (χ2v) is 6.26. The molecule has 2 aliphatic rings. The van der Waals surface area contributed by atoms with Crippen LogP contribution in [0, 0.1) is 5.92 Å². The van der Waals surface area contributed by atoms with Gasteiger partial charge in [-0.15, -0.1) is 0 Å². The number of rotatable bonds is 5. The molecule has 1 aromatic heterocycles. The van der Waals surface area contributed by atoms with Crippen LogP contribution < -0.4 is 4.90 Å². The first-order chi connectivity index (χ1) is 8.63. The average molecular weight is 266 g/mol. The summed E-state index contributed by atoms with van der Waals surface area (Å²) in [6, 6.07) is 2.37. The fourth-order valence-electron chi connectivity index (χ4n) is 2.24. The van der Waals surface area contributed by atoms with E-state index in [2.05, 4.69) is 23.7 Å². The molecule has 1 aromatic rings. The topological polar surface area (TPSA) is 29.0 Å². The minimum Gasteiger partial charge on any atom is -0.354 e. The van der Waals surface area contributed by atoms with Gasteiger partial charge in [0.05, 0.1) is 0 Å². The van der Waals surface area contributed by atoms with Gasteiger partial charge in [-0.25, -0.2) is 9.97 Å². The number of halogens is 1. The summed E-state index contributed by atoms with van der Waals surface area (Å²) in [6.45, 7) is 5.54. The number of anilines is 1. The SMILES string of the molecule is CC(C)N(CC1CC1)c1cc(Cl)nc(C2CC2)n1. The zero-order valence-corrected chi connectivity index (χ0v) is 11.8. The molecule has 2 fully saturated rings. The van der Waals surface area contributed by atoms with Crippen molar-refractivity contribution in [3.63, 3.8) is 0 Å². The zero-order valence-electron chi connectivity index (χ0n) is 11.1. The Morgan fingerprint density at radius 3 is 2.56 bits per heavy atom. The van der Waals surface area contributed by atoms with Crippen molar-refractivity contribution in [2.24, 2.45) is 5.92 Å². The summed E-state index contributed by atoms with van der Waals surface area (Å²) in [5.74, 6) is 3.36. The van der Waals surface area contributed by atoms with Gasteiger partial charge in [-0.2, -0.15) is 0 Å². The van der Waals surface area contributed by atoms with Gasteiger partial charge in [0, 0.05) is 24.6 Å². The fraction of sp³-hybridized carbons (Fsp3) is 0.714. The van der Waals surface area contributed by atoms with Crippen LogP contribution >= 0.6 is 11.6 Å². The number of hydrogen-bond donors (Lipinski definition) is 0. The summed E-state index contributed by atoms with van der Waals surface area (Å²) in [7, 11) is 0. The van der Waals surface area contributed by atoms with Crippen molar-refractivity contribution in [3.8, 4) is 0 Å². The molecule has 0 unspecified atom stereocenters. The Morgan fingerprint density at radius 1 is 1.28 bits per heavy atom. The van der Waals surface area contributed by atoms with Crippen molar-refractivity contribution in [2.45, 2.75) is 51.5 Å². The first kappa shape index (κ1) is 12.2. The van der Waals surface area contributed by atoms with Gasteiger partial charge in [-0.3, -0.25) is 0 Å². The standard InChI is InChI=1S/C14H20ClN3/c1-9(2)18(8-10-3-4-10)13-7-12(15)16-14(17-13)11-5-6-11/h7,9-11H,3-6,8H2,1-2H3. The van der Waals surface area contributed by atoms with E-state index in [-0.39, 0.29) is 0 Å². The first-order valence-electron chi connectivity index (χ1n) is 6.94. The summed E-state index contributed by atoms with van der Waals surface area (Å²) < 4.78 is 0. The molecule has 0 bridgehead atoms. The minimum absolute atomic E-state index is 0.462. The smallest absolute Gasteiger partial charge is 0.135 e. The van der Waals surface area contributed by atoms with Crippen LogP contribution in [0.15, 0.2) is 6.07 Å². The molecule has 98 valence electrons. The van der Waals surface area contributed by atoms with E-state index in [0.717, 1.165) is 24.1 Å². The molecule has 0 aliphatic heterocycles. The molecule has 3 nitrogen and oxygen atoms in total. The van der Waals surface area contributed by atoms with Gasteiger partial charge in [0.25, 0.3) is 0 Å². The van der Waals surface area contributed by atoms with Gasteiger partial charge in [0.15, 0.2) is 0 Å². The van der Waals surface area contributed by atoms with Crippen LogP contribution in [0.4, 0.5) is 5.82 Å². The van der Waals surface area contributed by atoms with Crippen LogP contribution in [0.2, 0.25) is 5.15 Å². The molecule has 0 radical (unpaired) electrons. The highest BCUT2D eigenvalue weighted by Gasteiger charge is 2.30. The lowest BCUT2D eigenvalue weighted by atomic mass is 10.2. The summed E-state index contributed by atoms with van der Waals surface area (Å²) >= 11 is 6.15. The van der Waals surface area contributed by atoms with E-state index in [9.17, 15) is 0 Å². The van der Waals surface area contributed by atoms with Gasteiger partial charge < -0.3 is 4.90 Å². The van der Waals surface area contributed by atoms with Gasteiger partial charge in [0.2, 0.25) is 0 Å². The normalized spacial score (nSPS) is 19.3. The lowest BCUT2D eigenvalue weighted by Gasteiger charge is -2.28. The highest BCUT2D eigenvalue weighted by molar-refractivity contribution is 6.29. The molecule has 2 saturated carbocycles. The zero-order chi connectivity index (χ0) is 12.7. The van der Waals surface area contributed by atoms with Crippen molar-refractivity contribution in [1.29, 1.82) is 0 Å². The van der Waals surface area contributed by atoms with Crippen molar-refractivity contribution < 1.29 is 0 Å². The fourth-order valence-corrected chi connectivity index (χ4v) is 2.43. The Balaban J connectivity index is 1.86. The van der Waals surface area contributed by atoms with Crippen molar-refractivity contribution in [3.05, 3.63) is 17.0 Å². The number of aromatic nitrogens is 2. The van der Waals surface area contributed by atoms with Gasteiger partial charge in [0.1, 0.15) is 16.8 Å². The van der Waals surface area contributed by atoms with E-state index in [4.69, 9.17) is 16.6 Å². The molecular weight excluding hydrogens is 246 g/mol. The van der Waals surface area contributed by atoms with Crippen LogP contribution in [0.3, 0.4) is 0 Å². The Morgan fingerprint density at radius 2 is 2.00 bits per heavy atom. The van der Waals surface area contributed by atoms with E-state index in [1.165, 1.54) is 25.7 Å². The van der Waals surface area contributed by atoms with Gasteiger partial charge in [-0.1, -0.05) is 11.6 Å². The average Bonchev–Trinajstić information content (AvgIpc) is 3.16. The summed E-state index contributed by atoms with van der Waals surface area (Å²) in [5.41, 5.74) is 0. The minimum atomic E-state index is 0.462. The van der Waals surface area contributed by atoms with Crippen molar-refractivity contribution >= 4 is 17.4 Å². The van der Waals surface area contributed by atoms with Crippen LogP contribution in [0.5, 0.6) is 0 Å². The molecule has 0 aromatic carbocycles. The maximum Gasteiger partial charge on any atom is 0.135 e. The lowest BCUT2D eigenvalue weighted by Crippen LogP contribution is -2.33. The van der Waals surface area contributed by atoms with E-state index < -0.39 is 0 Å². The van der Waals surface area contributed by atoms with E-state index in [1.54, 1.807) is 0 Å². The molecule has 1 heterocycles. The van der Waals surface area contributed by atoms with Crippen LogP contribution in [-0.2, 0) is 0 Å².